The maximum Gasteiger partial charge on any atom is 0.573 e. The average molecular weight is 386 g/mol. The minimum Gasteiger partial charge on any atom is -0.478 e. The van der Waals surface area contributed by atoms with Crippen molar-refractivity contribution in [1.29, 1.82) is 0 Å². The fraction of sp³-hybridized carbons (Fsp3) is 0.0667. The van der Waals surface area contributed by atoms with Crippen LogP contribution in [0.3, 0.4) is 0 Å². The number of non-ortho nitro benzene ring substituents is 1. The van der Waals surface area contributed by atoms with Crippen LogP contribution in [0.15, 0.2) is 42.5 Å². The Balaban J connectivity index is 2.18. The van der Waals surface area contributed by atoms with Gasteiger partial charge in [0.15, 0.2) is 5.75 Å². The van der Waals surface area contributed by atoms with Crippen LogP contribution >= 0.6 is 0 Å². The third-order valence-corrected chi connectivity index (χ3v) is 2.95. The highest BCUT2D eigenvalue weighted by Crippen LogP contribution is 2.31. The number of aromatic carboxylic acids is 1. The summed E-state index contributed by atoms with van der Waals surface area (Å²) in [7, 11) is 0. The van der Waals surface area contributed by atoms with Crippen molar-refractivity contribution in [2.24, 2.45) is 0 Å². The molecule has 0 aliphatic rings. The number of nitrogens with zero attached hydrogens (tertiary/aromatic N) is 1. The van der Waals surface area contributed by atoms with E-state index in [2.05, 4.69) is 4.74 Å². The van der Waals surface area contributed by atoms with E-state index < -0.39 is 40.3 Å². The number of hydrogen-bond acceptors (Lipinski definition) is 6. The number of benzene rings is 2. The zero-order valence-corrected chi connectivity index (χ0v) is 13.0. The molecule has 2 rings (SSSR count). The molecule has 142 valence electrons. The Hall–Kier alpha value is -3.83. The molecule has 0 heterocycles. The second-order valence-electron chi connectivity index (χ2n) is 4.83. The van der Waals surface area contributed by atoms with E-state index in [1.165, 1.54) is 0 Å². The van der Waals surface area contributed by atoms with Crippen molar-refractivity contribution in [3.63, 3.8) is 0 Å². The molecule has 0 unspecified atom stereocenters. The third-order valence-electron chi connectivity index (χ3n) is 2.95. The Labute approximate surface area is 148 Å². The quantitative estimate of drug-likeness (QED) is 0.591. The fourth-order valence-electron chi connectivity index (χ4n) is 1.85. The Bertz CT molecular complexity index is 882. The molecular weight excluding hydrogens is 377 g/mol. The summed E-state index contributed by atoms with van der Waals surface area (Å²) in [5, 5.41) is 21.4. The summed E-state index contributed by atoms with van der Waals surface area (Å²) in [5.74, 6) is -2.57. The van der Waals surface area contributed by atoms with Gasteiger partial charge < -0.3 is 14.6 Å². The van der Waals surface area contributed by atoms with Crippen molar-refractivity contribution in [3.05, 3.63) is 58.1 Å². The number of nitrogens with one attached hydrogen (secondary N) is 1. The standard InChI is InChI=1S/C15H9F3N2O7/c16-15(17,18)27-12-7-8(13(21)22)1-6-11(12)19-14(23)26-10-4-2-9(3-5-10)20(24)25/h1-7H,(H,19,23)(H,21,22). The molecule has 2 aromatic carbocycles. The summed E-state index contributed by atoms with van der Waals surface area (Å²) in [6, 6.07) is 6.76. The molecule has 0 spiro atoms. The van der Waals surface area contributed by atoms with Gasteiger partial charge in [0.2, 0.25) is 0 Å². The molecule has 0 saturated heterocycles. The van der Waals surface area contributed by atoms with Gasteiger partial charge in [-0.1, -0.05) is 0 Å². The van der Waals surface area contributed by atoms with E-state index in [1.54, 1.807) is 0 Å². The normalized spacial score (nSPS) is 10.8. The first-order valence-corrected chi connectivity index (χ1v) is 6.91. The lowest BCUT2D eigenvalue weighted by atomic mass is 10.2. The van der Waals surface area contributed by atoms with Crippen LogP contribution in [0.2, 0.25) is 0 Å². The van der Waals surface area contributed by atoms with Crippen LogP contribution < -0.4 is 14.8 Å². The van der Waals surface area contributed by atoms with E-state index in [9.17, 15) is 32.9 Å². The summed E-state index contributed by atoms with van der Waals surface area (Å²) >= 11 is 0. The SMILES string of the molecule is O=C(Nc1ccc(C(=O)O)cc1OC(F)(F)F)Oc1ccc([N+](=O)[O-])cc1. The molecule has 2 aromatic rings. The molecule has 0 saturated carbocycles. The molecule has 9 nitrogen and oxygen atoms in total. The van der Waals surface area contributed by atoms with Gasteiger partial charge in [0.1, 0.15) is 5.75 Å². The van der Waals surface area contributed by atoms with E-state index in [0.29, 0.717) is 6.07 Å². The van der Waals surface area contributed by atoms with Gasteiger partial charge >= 0.3 is 18.4 Å². The summed E-state index contributed by atoms with van der Waals surface area (Å²) in [5.41, 5.74) is -1.25. The summed E-state index contributed by atoms with van der Waals surface area (Å²) in [6.45, 7) is 0. The van der Waals surface area contributed by atoms with Gasteiger partial charge in [0.25, 0.3) is 5.69 Å². The molecule has 27 heavy (non-hydrogen) atoms. The highest BCUT2D eigenvalue weighted by molar-refractivity contribution is 5.92. The maximum atomic E-state index is 12.5. The minimum absolute atomic E-state index is 0.112. The number of ether oxygens (including phenoxy) is 2. The minimum atomic E-state index is -5.13. The Morgan fingerprint density at radius 1 is 1.11 bits per heavy atom. The van der Waals surface area contributed by atoms with Gasteiger partial charge in [0.05, 0.1) is 16.2 Å². The Kier molecular flexibility index (Phi) is 5.48. The predicted octanol–water partition coefficient (Wildman–Crippen LogP) is 3.80. The number of amides is 1. The summed E-state index contributed by atoms with van der Waals surface area (Å²) < 4.78 is 45.9. The lowest BCUT2D eigenvalue weighted by Gasteiger charge is -2.14. The first kappa shape index (κ1) is 19.5. The van der Waals surface area contributed by atoms with E-state index in [1.807, 2.05) is 5.32 Å². The average Bonchev–Trinajstić information content (AvgIpc) is 2.55. The van der Waals surface area contributed by atoms with Gasteiger partial charge in [0, 0.05) is 12.1 Å². The van der Waals surface area contributed by atoms with Crippen LogP contribution in [-0.2, 0) is 0 Å². The zero-order chi connectivity index (χ0) is 20.2. The number of anilines is 1. The number of carboxylic acid groups (broad SMARTS) is 1. The molecule has 0 radical (unpaired) electrons. The molecule has 0 bridgehead atoms. The lowest BCUT2D eigenvalue weighted by Crippen LogP contribution is -2.21. The highest BCUT2D eigenvalue weighted by Gasteiger charge is 2.33. The first-order chi connectivity index (χ1) is 12.5. The number of alkyl halides is 3. The second kappa shape index (κ2) is 7.59. The zero-order valence-electron chi connectivity index (χ0n) is 13.0. The largest absolute Gasteiger partial charge is 0.573 e. The molecule has 12 heteroatoms. The number of rotatable bonds is 5. The van der Waals surface area contributed by atoms with Crippen molar-refractivity contribution >= 4 is 23.4 Å². The van der Waals surface area contributed by atoms with Gasteiger partial charge in [-0.05, 0) is 30.3 Å². The van der Waals surface area contributed by atoms with E-state index in [4.69, 9.17) is 9.84 Å². The highest BCUT2D eigenvalue weighted by atomic mass is 19.4. The summed E-state index contributed by atoms with van der Waals surface area (Å²) in [4.78, 5) is 32.6. The Morgan fingerprint density at radius 3 is 2.26 bits per heavy atom. The predicted molar refractivity (Wildman–Crippen MR) is 82.8 cm³/mol. The van der Waals surface area contributed by atoms with Crippen LogP contribution in [0.25, 0.3) is 0 Å². The first-order valence-electron chi connectivity index (χ1n) is 6.91. The number of carbonyl (C=O) groups is 2. The van der Waals surface area contributed by atoms with Gasteiger partial charge in [-0.15, -0.1) is 13.2 Å². The van der Waals surface area contributed by atoms with Crippen LogP contribution in [0.4, 0.5) is 29.3 Å². The molecule has 0 aliphatic heterocycles. The number of carbonyl (C=O) groups excluding carboxylic acids is 1. The smallest absolute Gasteiger partial charge is 0.478 e. The van der Waals surface area contributed by atoms with Crippen LogP contribution in [0.5, 0.6) is 11.5 Å². The van der Waals surface area contributed by atoms with Crippen molar-refractivity contribution in [2.75, 3.05) is 5.32 Å². The lowest BCUT2D eigenvalue weighted by molar-refractivity contribution is -0.384. The van der Waals surface area contributed by atoms with Crippen LogP contribution in [0, 0.1) is 10.1 Å². The number of carboxylic acids is 1. The van der Waals surface area contributed by atoms with E-state index >= 15 is 0 Å². The van der Waals surface area contributed by atoms with Crippen molar-refractivity contribution in [3.8, 4) is 11.5 Å². The van der Waals surface area contributed by atoms with E-state index in [0.717, 1.165) is 36.4 Å². The molecule has 0 aliphatic carbocycles. The molecule has 1 amide bonds. The van der Waals surface area contributed by atoms with Gasteiger partial charge in [-0.3, -0.25) is 15.4 Å². The molecule has 0 aromatic heterocycles. The maximum absolute atomic E-state index is 12.5. The molecular formula is C15H9F3N2O7. The number of nitro groups is 1. The van der Waals surface area contributed by atoms with Gasteiger partial charge in [-0.2, -0.15) is 0 Å². The number of halogens is 3. The second-order valence-corrected chi connectivity index (χ2v) is 4.83. The van der Waals surface area contributed by atoms with Crippen molar-refractivity contribution in [2.45, 2.75) is 6.36 Å². The fourth-order valence-corrected chi connectivity index (χ4v) is 1.85. The van der Waals surface area contributed by atoms with Crippen LogP contribution in [-0.4, -0.2) is 28.5 Å². The van der Waals surface area contributed by atoms with Crippen LogP contribution in [0.1, 0.15) is 10.4 Å². The third kappa shape index (κ3) is 5.59. The number of nitro benzene ring substituents is 1. The Morgan fingerprint density at radius 2 is 1.74 bits per heavy atom. The van der Waals surface area contributed by atoms with Gasteiger partial charge in [-0.25, -0.2) is 9.59 Å². The van der Waals surface area contributed by atoms with Crippen molar-refractivity contribution in [1.82, 2.24) is 0 Å². The van der Waals surface area contributed by atoms with Crippen molar-refractivity contribution < 1.29 is 42.3 Å². The molecule has 0 fully saturated rings. The van der Waals surface area contributed by atoms with E-state index in [-0.39, 0.29) is 11.4 Å². The topological polar surface area (TPSA) is 128 Å². The molecule has 2 N–H and O–H groups in total. The molecule has 0 atom stereocenters. The monoisotopic (exact) mass is 386 g/mol. The number of hydrogen-bond donors (Lipinski definition) is 2. The summed E-state index contributed by atoms with van der Waals surface area (Å²) in [6.07, 6.45) is -6.35.